The molecule has 0 bridgehead atoms. The molecule has 5 heteroatoms. The smallest absolute Gasteiger partial charge is 0.332 e. The number of aliphatic carboxylic acids is 1. The summed E-state index contributed by atoms with van der Waals surface area (Å²) in [6.07, 6.45) is 1.25. The van der Waals surface area contributed by atoms with Gasteiger partial charge in [0.05, 0.1) is 6.61 Å². The number of carboxylic acids is 1. The number of carboxylic acid groups (broad SMARTS) is 1. The number of carbonyl (C=O) groups is 2. The van der Waals surface area contributed by atoms with Crippen molar-refractivity contribution in [2.45, 2.75) is 33.7 Å². The van der Waals surface area contributed by atoms with Crippen LogP contribution in [0.3, 0.4) is 0 Å². The number of hydrogen-bond donors (Lipinski definition) is 2. The minimum Gasteiger partial charge on any atom is -0.480 e. The first-order chi connectivity index (χ1) is 7.38. The van der Waals surface area contributed by atoms with Crippen molar-refractivity contribution in [1.82, 2.24) is 5.32 Å². The van der Waals surface area contributed by atoms with E-state index in [1.807, 2.05) is 0 Å². The van der Waals surface area contributed by atoms with Crippen LogP contribution in [0.15, 0.2) is 11.8 Å². The summed E-state index contributed by atoms with van der Waals surface area (Å²) in [7, 11) is 0. The Kier molecular flexibility index (Phi) is 6.22. The number of rotatable bonds is 6. The van der Waals surface area contributed by atoms with E-state index in [4.69, 9.17) is 9.84 Å². The topological polar surface area (TPSA) is 75.6 Å². The summed E-state index contributed by atoms with van der Waals surface area (Å²) in [5.41, 5.74) is 0.486. The Morgan fingerprint density at radius 1 is 1.44 bits per heavy atom. The molecule has 1 unspecified atom stereocenters. The zero-order valence-corrected chi connectivity index (χ0v) is 10.1. The molecule has 0 aromatic carbocycles. The molecular weight excluding hydrogens is 210 g/mol. The van der Waals surface area contributed by atoms with Gasteiger partial charge in [0, 0.05) is 11.8 Å². The largest absolute Gasteiger partial charge is 0.480 e. The number of allylic oxidation sites excluding steroid dienone is 1. The van der Waals surface area contributed by atoms with E-state index in [9.17, 15) is 9.59 Å². The van der Waals surface area contributed by atoms with Gasteiger partial charge < -0.3 is 15.2 Å². The lowest BCUT2D eigenvalue weighted by molar-refractivity contribution is -0.141. The average Bonchev–Trinajstić information content (AvgIpc) is 2.13. The summed E-state index contributed by atoms with van der Waals surface area (Å²) in [6, 6.07) is -0.703. The van der Waals surface area contributed by atoms with Gasteiger partial charge in [-0.05, 0) is 19.8 Å². The Hall–Kier alpha value is -1.52. The fourth-order valence-corrected chi connectivity index (χ4v) is 1.16. The average molecular weight is 229 g/mol. The van der Waals surface area contributed by atoms with Crippen LogP contribution >= 0.6 is 0 Å². The molecule has 0 radical (unpaired) electrons. The molecule has 16 heavy (non-hydrogen) atoms. The van der Waals surface area contributed by atoms with Crippen molar-refractivity contribution >= 4 is 11.9 Å². The third kappa shape index (κ3) is 5.38. The molecule has 5 nitrogen and oxygen atoms in total. The summed E-state index contributed by atoms with van der Waals surface area (Å²) in [5, 5.41) is 11.7. The van der Waals surface area contributed by atoms with Crippen LogP contribution in [0.1, 0.15) is 27.7 Å². The Balaban J connectivity index is 4.45. The highest BCUT2D eigenvalue weighted by Crippen LogP contribution is 2.04. The first-order valence-electron chi connectivity index (χ1n) is 5.22. The molecule has 0 fully saturated rings. The van der Waals surface area contributed by atoms with Gasteiger partial charge in [0.25, 0.3) is 0 Å². The zero-order valence-electron chi connectivity index (χ0n) is 10.1. The summed E-state index contributed by atoms with van der Waals surface area (Å²) in [5.74, 6) is -1.48. The van der Waals surface area contributed by atoms with E-state index in [0.29, 0.717) is 12.3 Å². The maximum Gasteiger partial charge on any atom is 0.332 e. The normalized spacial score (nSPS) is 13.4. The molecule has 0 spiro atoms. The van der Waals surface area contributed by atoms with Crippen molar-refractivity contribution in [3.05, 3.63) is 11.8 Å². The molecule has 0 aromatic heterocycles. The second-order valence-electron chi connectivity index (χ2n) is 3.78. The van der Waals surface area contributed by atoms with Gasteiger partial charge in [-0.3, -0.25) is 0 Å². The quantitative estimate of drug-likeness (QED) is 0.528. The van der Waals surface area contributed by atoms with Crippen molar-refractivity contribution in [1.29, 1.82) is 0 Å². The summed E-state index contributed by atoms with van der Waals surface area (Å²) < 4.78 is 4.71. The van der Waals surface area contributed by atoms with Crippen molar-refractivity contribution < 1.29 is 19.4 Å². The maximum absolute atomic E-state index is 11.1. The van der Waals surface area contributed by atoms with Crippen LogP contribution in [-0.2, 0) is 14.3 Å². The van der Waals surface area contributed by atoms with E-state index in [0.717, 1.165) is 0 Å². The van der Waals surface area contributed by atoms with E-state index in [1.165, 1.54) is 6.08 Å². The summed E-state index contributed by atoms with van der Waals surface area (Å²) in [6.45, 7) is 7.24. The van der Waals surface area contributed by atoms with Gasteiger partial charge in [-0.2, -0.15) is 0 Å². The molecule has 92 valence electrons. The van der Waals surface area contributed by atoms with Crippen molar-refractivity contribution in [3.8, 4) is 0 Å². The third-order valence-corrected chi connectivity index (χ3v) is 1.94. The van der Waals surface area contributed by atoms with Crippen LogP contribution in [0, 0.1) is 5.92 Å². The SMILES string of the molecule is CCOC(=O)C=C(C)NC(C(=O)O)C(C)C. The molecule has 0 rings (SSSR count). The molecule has 1 atom stereocenters. The van der Waals surface area contributed by atoms with Crippen molar-refractivity contribution in [2.75, 3.05) is 6.61 Å². The second-order valence-corrected chi connectivity index (χ2v) is 3.78. The predicted molar refractivity (Wildman–Crippen MR) is 59.8 cm³/mol. The van der Waals surface area contributed by atoms with Gasteiger partial charge in [0.2, 0.25) is 0 Å². The predicted octanol–water partition coefficient (Wildman–Crippen LogP) is 1.15. The second kappa shape index (κ2) is 6.87. The Bertz CT molecular complexity index is 284. The molecule has 0 aliphatic rings. The van der Waals surface area contributed by atoms with Crippen LogP contribution in [0.25, 0.3) is 0 Å². The van der Waals surface area contributed by atoms with Gasteiger partial charge in [0.15, 0.2) is 0 Å². The minimum absolute atomic E-state index is 0.0666. The highest BCUT2D eigenvalue weighted by atomic mass is 16.5. The number of ether oxygens (including phenoxy) is 1. The van der Waals surface area contributed by atoms with E-state index < -0.39 is 18.0 Å². The van der Waals surface area contributed by atoms with Crippen molar-refractivity contribution in [2.24, 2.45) is 5.92 Å². The first kappa shape index (κ1) is 14.5. The monoisotopic (exact) mass is 229 g/mol. The molecule has 0 amide bonds. The molecule has 0 heterocycles. The highest BCUT2D eigenvalue weighted by molar-refractivity contribution is 5.83. The van der Waals surface area contributed by atoms with E-state index in [2.05, 4.69) is 5.32 Å². The number of carbonyl (C=O) groups excluding carboxylic acids is 1. The fourth-order valence-electron chi connectivity index (χ4n) is 1.16. The zero-order chi connectivity index (χ0) is 12.7. The number of esters is 1. The lowest BCUT2D eigenvalue weighted by Gasteiger charge is -2.19. The van der Waals surface area contributed by atoms with Crippen LogP contribution in [-0.4, -0.2) is 29.7 Å². The van der Waals surface area contributed by atoms with E-state index in [-0.39, 0.29) is 5.92 Å². The summed E-state index contributed by atoms with van der Waals surface area (Å²) >= 11 is 0. The number of nitrogens with one attached hydrogen (secondary N) is 1. The summed E-state index contributed by atoms with van der Waals surface area (Å²) in [4.78, 5) is 22.0. The molecule has 0 aliphatic heterocycles. The van der Waals surface area contributed by atoms with Crippen LogP contribution in [0.4, 0.5) is 0 Å². The molecule has 2 N–H and O–H groups in total. The number of hydrogen-bond acceptors (Lipinski definition) is 4. The van der Waals surface area contributed by atoms with Gasteiger partial charge in [-0.1, -0.05) is 13.8 Å². The Morgan fingerprint density at radius 2 is 2.00 bits per heavy atom. The van der Waals surface area contributed by atoms with Crippen molar-refractivity contribution in [3.63, 3.8) is 0 Å². The molecular formula is C11H19NO4. The molecule has 0 saturated heterocycles. The molecule has 0 saturated carbocycles. The minimum atomic E-state index is -0.938. The standard InChI is InChI=1S/C11H19NO4/c1-5-16-9(13)6-8(4)12-10(7(2)3)11(14)15/h6-7,10,12H,5H2,1-4H3,(H,14,15). The van der Waals surface area contributed by atoms with Gasteiger partial charge in [-0.25, -0.2) is 9.59 Å². The molecule has 0 aromatic rings. The van der Waals surface area contributed by atoms with Gasteiger partial charge in [0.1, 0.15) is 6.04 Å². The lowest BCUT2D eigenvalue weighted by atomic mass is 10.0. The van der Waals surface area contributed by atoms with Crippen LogP contribution in [0.5, 0.6) is 0 Å². The Morgan fingerprint density at radius 3 is 2.38 bits per heavy atom. The van der Waals surface area contributed by atoms with E-state index in [1.54, 1.807) is 27.7 Å². The lowest BCUT2D eigenvalue weighted by Crippen LogP contribution is -2.40. The van der Waals surface area contributed by atoms with Gasteiger partial charge in [-0.15, -0.1) is 0 Å². The first-order valence-corrected chi connectivity index (χ1v) is 5.22. The Labute approximate surface area is 95.5 Å². The van der Waals surface area contributed by atoms with Crippen LogP contribution in [0.2, 0.25) is 0 Å². The van der Waals surface area contributed by atoms with Crippen LogP contribution < -0.4 is 5.32 Å². The fraction of sp³-hybridized carbons (Fsp3) is 0.636. The molecule has 0 aliphatic carbocycles. The van der Waals surface area contributed by atoms with Gasteiger partial charge >= 0.3 is 11.9 Å². The third-order valence-electron chi connectivity index (χ3n) is 1.94. The highest BCUT2D eigenvalue weighted by Gasteiger charge is 2.20. The van der Waals surface area contributed by atoms with E-state index >= 15 is 0 Å². The maximum atomic E-state index is 11.1.